The van der Waals surface area contributed by atoms with Crippen molar-refractivity contribution >= 4 is 14.7 Å². The summed E-state index contributed by atoms with van der Waals surface area (Å²) in [5.41, 5.74) is 3.43. The number of benzene rings is 2. The van der Waals surface area contributed by atoms with E-state index in [1.165, 1.54) is 11.1 Å². The van der Waals surface area contributed by atoms with Crippen LogP contribution in [0.15, 0.2) is 67.2 Å². The smallest absolute Gasteiger partial charge is 0.138 e. The van der Waals surface area contributed by atoms with Gasteiger partial charge in [-0.05, 0) is 16.7 Å². The second-order valence-electron chi connectivity index (χ2n) is 3.21. The van der Waals surface area contributed by atoms with Crippen molar-refractivity contribution < 1.29 is 4.57 Å². The molecule has 0 aliphatic heterocycles. The molecule has 2 heteroatoms. The van der Waals surface area contributed by atoms with E-state index in [0.29, 0.717) is 0 Å². The number of hydrogen-bond acceptors (Lipinski definition) is 1. The van der Waals surface area contributed by atoms with E-state index in [1.807, 2.05) is 36.4 Å². The molecule has 0 bridgehead atoms. The summed E-state index contributed by atoms with van der Waals surface area (Å²) in [5.74, 6) is 0. The average Bonchev–Trinajstić information content (AvgIpc) is 2.42. The van der Waals surface area contributed by atoms with Crippen LogP contribution in [-0.4, -0.2) is 0 Å². The molecule has 0 unspecified atom stereocenters. The molecule has 0 N–H and O–H groups in total. The topological polar surface area (TPSA) is 17.1 Å². The molecule has 0 radical (unpaired) electrons. The van der Waals surface area contributed by atoms with Crippen LogP contribution in [-0.2, 0) is 4.57 Å². The molecule has 2 aromatic carbocycles. The summed E-state index contributed by atoms with van der Waals surface area (Å²) < 4.78 is 8.06. The summed E-state index contributed by atoms with van der Waals surface area (Å²) >= 11 is 0. The van der Waals surface area contributed by atoms with Crippen LogP contribution < -0.4 is 0 Å². The van der Waals surface area contributed by atoms with E-state index < -0.39 is 0 Å². The predicted molar refractivity (Wildman–Crippen MR) is 70.0 cm³/mol. The lowest BCUT2D eigenvalue weighted by Gasteiger charge is -2.04. The first-order chi connectivity index (χ1) is 7.88. The zero-order chi connectivity index (χ0) is 11.8. The molecule has 0 spiro atoms. The first kappa shape index (κ1) is 12.4. The Bertz CT molecular complexity index is 395. The van der Waals surface area contributed by atoms with Gasteiger partial charge in [0.25, 0.3) is 0 Å². The molecule has 0 aliphatic carbocycles. The van der Waals surface area contributed by atoms with Crippen molar-refractivity contribution in [3.63, 3.8) is 0 Å². The number of rotatable bonds is 2. The Morgan fingerprint density at radius 3 is 1.38 bits per heavy atom. The van der Waals surface area contributed by atoms with Crippen LogP contribution in [0.2, 0.25) is 0 Å². The minimum absolute atomic E-state index is 1.08. The van der Waals surface area contributed by atoms with Crippen LogP contribution in [0.25, 0.3) is 5.57 Å². The molecule has 2 aromatic rings. The van der Waals surface area contributed by atoms with Gasteiger partial charge in [0, 0.05) is 0 Å². The van der Waals surface area contributed by atoms with E-state index in [9.17, 15) is 0 Å². The second-order valence-corrected chi connectivity index (χ2v) is 3.21. The maximum Gasteiger partial charge on any atom is 0.138 e. The summed E-state index contributed by atoms with van der Waals surface area (Å²) in [5, 5.41) is 0. The summed E-state index contributed by atoms with van der Waals surface area (Å²) in [7, 11) is 1.72. The van der Waals surface area contributed by atoms with Crippen molar-refractivity contribution in [2.75, 3.05) is 0 Å². The molecule has 0 amide bonds. The quantitative estimate of drug-likeness (QED) is 0.703. The molecule has 0 aliphatic rings. The lowest BCUT2D eigenvalue weighted by Crippen LogP contribution is -1.84. The highest BCUT2D eigenvalue weighted by atomic mass is 31.0. The Morgan fingerprint density at radius 1 is 0.750 bits per heavy atom. The van der Waals surface area contributed by atoms with E-state index in [1.54, 1.807) is 9.12 Å². The van der Waals surface area contributed by atoms with Gasteiger partial charge in [-0.1, -0.05) is 67.2 Å². The standard InChI is InChI=1S/C14H12.HOP/c1-12(13-8-4-2-5-9-13)14-10-6-3-7-11-14;1-2/h2-11H,1H2;2H. The summed E-state index contributed by atoms with van der Waals surface area (Å²) in [6.45, 7) is 4.10. The predicted octanol–water partition coefficient (Wildman–Crippen LogP) is 4.22. The summed E-state index contributed by atoms with van der Waals surface area (Å²) in [4.78, 5) is 0. The van der Waals surface area contributed by atoms with Crippen LogP contribution in [0.4, 0.5) is 0 Å². The summed E-state index contributed by atoms with van der Waals surface area (Å²) in [6, 6.07) is 20.5. The van der Waals surface area contributed by atoms with Gasteiger partial charge in [-0.15, -0.1) is 0 Å². The van der Waals surface area contributed by atoms with Crippen LogP contribution in [0.5, 0.6) is 0 Å². The molecule has 0 saturated heterocycles. The van der Waals surface area contributed by atoms with Gasteiger partial charge in [0.05, 0.1) is 0 Å². The minimum Gasteiger partial charge on any atom is -0.279 e. The van der Waals surface area contributed by atoms with Crippen molar-refractivity contribution in [1.29, 1.82) is 0 Å². The van der Waals surface area contributed by atoms with Crippen molar-refractivity contribution in [3.8, 4) is 0 Å². The Hall–Kier alpha value is -1.72. The SMILES string of the molecule is C=C(c1ccccc1)c1ccccc1.O=P. The Morgan fingerprint density at radius 2 is 1.06 bits per heavy atom. The van der Waals surface area contributed by atoms with Crippen molar-refractivity contribution in [2.45, 2.75) is 0 Å². The Kier molecular flexibility index (Phi) is 5.18. The normalized spacial score (nSPS) is 8.75. The fraction of sp³-hybridized carbons (Fsp3) is 0. The molecule has 0 aromatic heterocycles. The fourth-order valence-electron chi connectivity index (χ4n) is 1.45. The van der Waals surface area contributed by atoms with Gasteiger partial charge < -0.3 is 0 Å². The van der Waals surface area contributed by atoms with Gasteiger partial charge >= 0.3 is 0 Å². The lowest BCUT2D eigenvalue weighted by molar-refractivity contribution is 0.607. The van der Waals surface area contributed by atoms with Crippen molar-refractivity contribution in [1.82, 2.24) is 0 Å². The highest BCUT2D eigenvalue weighted by molar-refractivity contribution is 7.00. The third-order valence-corrected chi connectivity index (χ3v) is 2.24. The summed E-state index contributed by atoms with van der Waals surface area (Å²) in [6.07, 6.45) is 0. The molecule has 16 heavy (non-hydrogen) atoms. The van der Waals surface area contributed by atoms with Crippen molar-refractivity contribution in [2.24, 2.45) is 0 Å². The van der Waals surface area contributed by atoms with E-state index >= 15 is 0 Å². The van der Waals surface area contributed by atoms with Crippen LogP contribution in [0.3, 0.4) is 0 Å². The fourth-order valence-corrected chi connectivity index (χ4v) is 1.45. The molecule has 0 fully saturated rings. The van der Waals surface area contributed by atoms with Gasteiger partial charge in [0.15, 0.2) is 0 Å². The maximum absolute atomic E-state index is 8.06. The largest absolute Gasteiger partial charge is 0.279 e. The first-order valence-corrected chi connectivity index (χ1v) is 5.29. The van der Waals surface area contributed by atoms with Crippen LogP contribution >= 0.6 is 9.12 Å². The van der Waals surface area contributed by atoms with E-state index in [4.69, 9.17) is 4.57 Å². The van der Waals surface area contributed by atoms with E-state index in [2.05, 4.69) is 30.8 Å². The van der Waals surface area contributed by atoms with Crippen LogP contribution in [0.1, 0.15) is 11.1 Å². The van der Waals surface area contributed by atoms with E-state index in [-0.39, 0.29) is 0 Å². The Labute approximate surface area is 98.1 Å². The molecule has 1 nitrogen and oxygen atoms in total. The lowest BCUT2D eigenvalue weighted by atomic mass is 10.0. The number of hydrogen-bond donors (Lipinski definition) is 0. The second kappa shape index (κ2) is 6.71. The van der Waals surface area contributed by atoms with Gasteiger partial charge in [-0.3, -0.25) is 4.57 Å². The molecule has 0 atom stereocenters. The molecule has 0 heterocycles. The molecule has 2 rings (SSSR count). The third-order valence-electron chi connectivity index (χ3n) is 2.24. The zero-order valence-corrected chi connectivity index (χ0v) is 9.89. The molecule has 80 valence electrons. The van der Waals surface area contributed by atoms with Gasteiger partial charge in [-0.2, -0.15) is 0 Å². The highest BCUT2D eigenvalue weighted by Crippen LogP contribution is 2.20. The van der Waals surface area contributed by atoms with Crippen molar-refractivity contribution in [3.05, 3.63) is 78.4 Å². The average molecular weight is 228 g/mol. The molecular formula is C14H13OP. The third kappa shape index (κ3) is 3.15. The van der Waals surface area contributed by atoms with Gasteiger partial charge in [0.2, 0.25) is 0 Å². The molecule has 0 saturated carbocycles. The minimum atomic E-state index is 1.08. The first-order valence-electron chi connectivity index (χ1n) is 4.88. The van der Waals surface area contributed by atoms with E-state index in [0.717, 1.165) is 5.57 Å². The van der Waals surface area contributed by atoms with Gasteiger partial charge in [-0.25, -0.2) is 0 Å². The zero-order valence-electron chi connectivity index (χ0n) is 8.89. The molecular weight excluding hydrogens is 215 g/mol. The van der Waals surface area contributed by atoms with Gasteiger partial charge in [0.1, 0.15) is 9.12 Å². The highest BCUT2D eigenvalue weighted by Gasteiger charge is 1.99. The maximum atomic E-state index is 8.06. The monoisotopic (exact) mass is 228 g/mol. The van der Waals surface area contributed by atoms with Crippen LogP contribution in [0, 0.1) is 0 Å². The Balaban J connectivity index is 0.000000606.